The molecule has 23 heavy (non-hydrogen) atoms. The molecule has 1 aromatic rings. The van der Waals surface area contributed by atoms with Crippen LogP contribution in [0.5, 0.6) is 0 Å². The Morgan fingerprint density at radius 2 is 1.61 bits per heavy atom. The first-order valence-corrected chi connectivity index (χ1v) is 9.03. The molecule has 128 valence electrons. The third-order valence-corrected chi connectivity index (χ3v) is 5.22. The fourth-order valence-corrected chi connectivity index (χ4v) is 3.78. The summed E-state index contributed by atoms with van der Waals surface area (Å²) in [4.78, 5) is 7.82. The topological polar surface area (TPSA) is 19.0 Å². The number of benzene rings is 1. The molecular weight excluding hydrogens is 286 g/mol. The van der Waals surface area contributed by atoms with Crippen molar-refractivity contribution in [2.45, 2.75) is 13.0 Å². The van der Waals surface area contributed by atoms with Crippen molar-refractivity contribution in [3.05, 3.63) is 35.9 Å². The fraction of sp³-hybridized carbons (Fsp3) is 0.684. The molecule has 1 atom stereocenters. The van der Waals surface area contributed by atoms with Crippen LogP contribution in [0.2, 0.25) is 0 Å². The van der Waals surface area contributed by atoms with Crippen molar-refractivity contribution in [2.75, 3.05) is 66.1 Å². The van der Waals surface area contributed by atoms with E-state index < -0.39 is 0 Å². The van der Waals surface area contributed by atoms with Crippen molar-refractivity contribution in [2.24, 2.45) is 5.92 Å². The van der Waals surface area contributed by atoms with Gasteiger partial charge in [0.15, 0.2) is 0 Å². The maximum atomic E-state index is 5.29. The summed E-state index contributed by atoms with van der Waals surface area (Å²) in [7, 11) is 1.82. The van der Waals surface area contributed by atoms with Crippen LogP contribution in [0.25, 0.3) is 0 Å². The molecule has 2 fully saturated rings. The van der Waals surface area contributed by atoms with Crippen molar-refractivity contribution in [1.29, 1.82) is 0 Å². The minimum absolute atomic E-state index is 0.753. The summed E-state index contributed by atoms with van der Waals surface area (Å²) in [6.45, 7) is 11.8. The molecule has 0 bridgehead atoms. The van der Waals surface area contributed by atoms with E-state index in [1.807, 2.05) is 7.11 Å². The molecule has 0 radical (unpaired) electrons. The Bertz CT molecular complexity index is 445. The average molecular weight is 317 g/mol. The second-order valence-corrected chi connectivity index (χ2v) is 7.01. The maximum Gasteiger partial charge on any atom is 0.0503 e. The lowest BCUT2D eigenvalue weighted by atomic mass is 10.1. The largest absolute Gasteiger partial charge is 0.384 e. The SMILES string of the molecule is COCC1CCN(CCN2CCN(Cc3ccccc3)CC2)C1. The van der Waals surface area contributed by atoms with E-state index in [-0.39, 0.29) is 0 Å². The molecule has 4 heteroatoms. The van der Waals surface area contributed by atoms with E-state index in [1.165, 1.54) is 64.3 Å². The average Bonchev–Trinajstić information content (AvgIpc) is 3.03. The first-order chi connectivity index (χ1) is 11.3. The second-order valence-electron chi connectivity index (χ2n) is 7.01. The van der Waals surface area contributed by atoms with E-state index in [9.17, 15) is 0 Å². The number of ether oxygens (including phenoxy) is 1. The lowest BCUT2D eigenvalue weighted by Crippen LogP contribution is -2.47. The van der Waals surface area contributed by atoms with E-state index in [0.29, 0.717) is 0 Å². The minimum Gasteiger partial charge on any atom is -0.384 e. The quantitative estimate of drug-likeness (QED) is 0.763. The van der Waals surface area contributed by atoms with Crippen LogP contribution in [0.4, 0.5) is 0 Å². The van der Waals surface area contributed by atoms with Crippen LogP contribution in [0.3, 0.4) is 0 Å². The molecule has 2 aliphatic rings. The Morgan fingerprint density at radius 3 is 2.35 bits per heavy atom. The van der Waals surface area contributed by atoms with Gasteiger partial charge in [-0.15, -0.1) is 0 Å². The van der Waals surface area contributed by atoms with Crippen LogP contribution in [-0.2, 0) is 11.3 Å². The zero-order chi connectivity index (χ0) is 15.9. The Hall–Kier alpha value is -0.940. The van der Waals surface area contributed by atoms with Crippen LogP contribution in [0.1, 0.15) is 12.0 Å². The summed E-state index contributed by atoms with van der Waals surface area (Å²) in [6.07, 6.45) is 1.30. The monoisotopic (exact) mass is 317 g/mol. The predicted molar refractivity (Wildman–Crippen MR) is 94.6 cm³/mol. The van der Waals surface area contributed by atoms with Crippen LogP contribution in [0.15, 0.2) is 30.3 Å². The lowest BCUT2D eigenvalue weighted by Gasteiger charge is -2.35. The molecule has 2 saturated heterocycles. The van der Waals surface area contributed by atoms with Crippen molar-refractivity contribution in [3.8, 4) is 0 Å². The molecule has 0 saturated carbocycles. The number of piperazine rings is 1. The summed E-state index contributed by atoms with van der Waals surface area (Å²) < 4.78 is 5.29. The molecule has 0 aromatic heterocycles. The maximum absolute atomic E-state index is 5.29. The van der Waals surface area contributed by atoms with Gasteiger partial charge in [0.2, 0.25) is 0 Å². The number of hydrogen-bond acceptors (Lipinski definition) is 4. The van der Waals surface area contributed by atoms with Crippen LogP contribution >= 0.6 is 0 Å². The Labute approximate surface area is 141 Å². The number of nitrogens with zero attached hydrogens (tertiary/aromatic N) is 3. The summed E-state index contributed by atoms with van der Waals surface area (Å²) in [5.41, 5.74) is 1.43. The van der Waals surface area contributed by atoms with E-state index in [2.05, 4.69) is 45.0 Å². The Morgan fingerprint density at radius 1 is 0.913 bits per heavy atom. The van der Waals surface area contributed by atoms with Gasteiger partial charge in [0.25, 0.3) is 0 Å². The summed E-state index contributed by atoms with van der Waals surface area (Å²) in [6, 6.07) is 10.8. The minimum atomic E-state index is 0.753. The van der Waals surface area contributed by atoms with E-state index in [4.69, 9.17) is 4.74 Å². The molecule has 0 amide bonds. The number of methoxy groups -OCH3 is 1. The Kier molecular flexibility index (Phi) is 6.46. The normalized spacial score (nSPS) is 24.3. The van der Waals surface area contributed by atoms with Crippen LogP contribution in [-0.4, -0.2) is 80.8 Å². The van der Waals surface area contributed by atoms with E-state index >= 15 is 0 Å². The first-order valence-electron chi connectivity index (χ1n) is 9.03. The third-order valence-electron chi connectivity index (χ3n) is 5.22. The van der Waals surface area contributed by atoms with Gasteiger partial charge in [0.05, 0.1) is 6.61 Å². The predicted octanol–water partition coefficient (Wildman–Crippen LogP) is 1.77. The van der Waals surface area contributed by atoms with Gasteiger partial charge in [0, 0.05) is 59.5 Å². The smallest absolute Gasteiger partial charge is 0.0503 e. The van der Waals surface area contributed by atoms with Crippen molar-refractivity contribution in [1.82, 2.24) is 14.7 Å². The third kappa shape index (κ3) is 5.28. The molecule has 1 unspecified atom stereocenters. The van der Waals surface area contributed by atoms with Gasteiger partial charge in [0.1, 0.15) is 0 Å². The van der Waals surface area contributed by atoms with Crippen LogP contribution < -0.4 is 0 Å². The number of rotatable bonds is 7. The summed E-state index contributed by atoms with van der Waals surface area (Å²) in [5, 5.41) is 0. The standard InChI is InChI=1S/C19H31N3O/c1-23-17-19-7-8-21(16-19)12-9-20-10-13-22(14-11-20)15-18-5-3-2-4-6-18/h2-6,19H,7-17H2,1H3. The second kappa shape index (κ2) is 8.78. The van der Waals surface area contributed by atoms with Crippen LogP contribution in [0, 0.1) is 5.92 Å². The fourth-order valence-electron chi connectivity index (χ4n) is 3.78. The highest BCUT2D eigenvalue weighted by molar-refractivity contribution is 5.14. The zero-order valence-electron chi connectivity index (χ0n) is 14.5. The van der Waals surface area contributed by atoms with E-state index in [1.54, 1.807) is 0 Å². The highest BCUT2D eigenvalue weighted by Crippen LogP contribution is 2.16. The molecule has 2 aliphatic heterocycles. The Balaban J connectivity index is 1.32. The van der Waals surface area contributed by atoms with Crippen molar-refractivity contribution in [3.63, 3.8) is 0 Å². The molecular formula is C19H31N3O. The van der Waals surface area contributed by atoms with Crippen molar-refractivity contribution >= 4 is 0 Å². The molecule has 4 nitrogen and oxygen atoms in total. The van der Waals surface area contributed by atoms with Gasteiger partial charge in [-0.05, 0) is 24.4 Å². The summed E-state index contributed by atoms with van der Waals surface area (Å²) in [5.74, 6) is 0.753. The molecule has 2 heterocycles. The summed E-state index contributed by atoms with van der Waals surface area (Å²) >= 11 is 0. The van der Waals surface area contributed by atoms with Gasteiger partial charge < -0.3 is 9.64 Å². The molecule has 0 aliphatic carbocycles. The first kappa shape index (κ1) is 16.9. The van der Waals surface area contributed by atoms with Gasteiger partial charge >= 0.3 is 0 Å². The van der Waals surface area contributed by atoms with Gasteiger partial charge in [-0.2, -0.15) is 0 Å². The zero-order valence-corrected chi connectivity index (χ0v) is 14.5. The van der Waals surface area contributed by atoms with Crippen molar-refractivity contribution < 1.29 is 4.74 Å². The van der Waals surface area contributed by atoms with Gasteiger partial charge in [-0.3, -0.25) is 9.80 Å². The molecule has 3 rings (SSSR count). The highest BCUT2D eigenvalue weighted by Gasteiger charge is 2.23. The molecule has 0 N–H and O–H groups in total. The number of likely N-dealkylation sites (tertiary alicyclic amines) is 1. The molecule has 0 spiro atoms. The van der Waals surface area contributed by atoms with E-state index in [0.717, 1.165) is 19.1 Å². The number of hydrogen-bond donors (Lipinski definition) is 0. The van der Waals surface area contributed by atoms with Gasteiger partial charge in [-0.1, -0.05) is 30.3 Å². The van der Waals surface area contributed by atoms with Gasteiger partial charge in [-0.25, -0.2) is 0 Å². The molecule has 1 aromatic carbocycles. The highest BCUT2D eigenvalue weighted by atomic mass is 16.5. The lowest BCUT2D eigenvalue weighted by molar-refractivity contribution is 0.115.